The van der Waals surface area contributed by atoms with Crippen LogP contribution < -0.4 is 4.74 Å². The maximum absolute atomic E-state index is 12.7. The zero-order valence-electron chi connectivity index (χ0n) is 14.2. The number of hydrogen-bond acceptors (Lipinski definition) is 3. The standard InChI is InChI=1S/C20H21N3O2/c1-25-16-6-9-21-19(13-16)20(24)23-10-7-14(8-11-23)18-12-15-4-2-3-5-17(15)22-18/h2-6,9,12-14,22H,7-8,10-11H2,1H3. The number of rotatable bonds is 3. The Morgan fingerprint density at radius 2 is 2.00 bits per heavy atom. The number of piperidine rings is 1. The highest BCUT2D eigenvalue weighted by Gasteiger charge is 2.26. The average Bonchev–Trinajstić information content (AvgIpc) is 3.12. The Labute approximate surface area is 146 Å². The molecule has 5 heteroatoms. The fourth-order valence-electron chi connectivity index (χ4n) is 3.53. The van der Waals surface area contributed by atoms with Gasteiger partial charge in [-0.15, -0.1) is 0 Å². The van der Waals surface area contributed by atoms with Crippen molar-refractivity contribution in [2.75, 3.05) is 20.2 Å². The molecule has 4 rings (SSSR count). The van der Waals surface area contributed by atoms with Crippen LogP contribution in [0.25, 0.3) is 10.9 Å². The number of nitrogens with one attached hydrogen (secondary N) is 1. The third-order valence-electron chi connectivity index (χ3n) is 4.96. The highest BCUT2D eigenvalue weighted by Crippen LogP contribution is 2.30. The number of para-hydroxylation sites is 1. The first-order valence-electron chi connectivity index (χ1n) is 8.61. The summed E-state index contributed by atoms with van der Waals surface area (Å²) in [5.74, 6) is 1.11. The number of methoxy groups -OCH3 is 1. The summed E-state index contributed by atoms with van der Waals surface area (Å²) >= 11 is 0. The Morgan fingerprint density at radius 1 is 1.20 bits per heavy atom. The van der Waals surface area contributed by atoms with Gasteiger partial charge >= 0.3 is 0 Å². The van der Waals surface area contributed by atoms with Gasteiger partial charge in [-0.3, -0.25) is 9.78 Å². The monoisotopic (exact) mass is 335 g/mol. The van der Waals surface area contributed by atoms with E-state index in [1.165, 1.54) is 16.6 Å². The predicted octanol–water partition coefficient (Wildman–Crippen LogP) is 3.59. The lowest BCUT2D eigenvalue weighted by Gasteiger charge is -2.31. The Morgan fingerprint density at radius 3 is 2.76 bits per heavy atom. The molecule has 1 N–H and O–H groups in total. The van der Waals surface area contributed by atoms with Crippen LogP contribution in [0.1, 0.15) is 34.9 Å². The largest absolute Gasteiger partial charge is 0.497 e. The van der Waals surface area contributed by atoms with E-state index < -0.39 is 0 Å². The van der Waals surface area contributed by atoms with Crippen LogP contribution in [0.4, 0.5) is 0 Å². The van der Waals surface area contributed by atoms with Crippen molar-refractivity contribution in [3.05, 3.63) is 60.0 Å². The van der Waals surface area contributed by atoms with E-state index in [2.05, 4.69) is 34.2 Å². The number of likely N-dealkylation sites (tertiary alicyclic amines) is 1. The van der Waals surface area contributed by atoms with Crippen LogP contribution in [-0.2, 0) is 0 Å². The molecule has 0 unspecified atom stereocenters. The number of hydrogen-bond donors (Lipinski definition) is 1. The van der Waals surface area contributed by atoms with Crippen molar-refractivity contribution in [1.82, 2.24) is 14.9 Å². The van der Waals surface area contributed by atoms with Crippen molar-refractivity contribution in [3.63, 3.8) is 0 Å². The molecule has 0 aliphatic carbocycles. The summed E-state index contributed by atoms with van der Waals surface area (Å²) in [6.45, 7) is 1.50. The Kier molecular flexibility index (Phi) is 4.14. The number of carbonyl (C=O) groups excluding carboxylic acids is 1. The number of benzene rings is 1. The minimum Gasteiger partial charge on any atom is -0.497 e. The van der Waals surface area contributed by atoms with Crippen LogP contribution in [0.5, 0.6) is 5.75 Å². The molecule has 0 radical (unpaired) electrons. The Balaban J connectivity index is 1.44. The summed E-state index contributed by atoms with van der Waals surface area (Å²) in [4.78, 5) is 22.3. The van der Waals surface area contributed by atoms with Crippen LogP contribution in [-0.4, -0.2) is 41.0 Å². The van der Waals surface area contributed by atoms with Gasteiger partial charge in [-0.05, 0) is 36.4 Å². The first kappa shape index (κ1) is 15.7. The van der Waals surface area contributed by atoms with Crippen molar-refractivity contribution in [2.45, 2.75) is 18.8 Å². The van der Waals surface area contributed by atoms with E-state index in [1.54, 1.807) is 25.4 Å². The number of carbonyl (C=O) groups is 1. The quantitative estimate of drug-likeness (QED) is 0.796. The molecule has 1 fully saturated rings. The molecule has 1 aliphatic heterocycles. The molecule has 128 valence electrons. The first-order chi connectivity index (χ1) is 12.2. The third-order valence-corrected chi connectivity index (χ3v) is 4.96. The number of aromatic nitrogens is 2. The summed E-state index contributed by atoms with van der Waals surface area (Å²) in [7, 11) is 1.59. The fraction of sp³-hybridized carbons (Fsp3) is 0.300. The van der Waals surface area contributed by atoms with Gasteiger partial charge in [0.2, 0.25) is 0 Å². The van der Waals surface area contributed by atoms with E-state index in [9.17, 15) is 4.79 Å². The maximum Gasteiger partial charge on any atom is 0.272 e. The minimum atomic E-state index is -0.0194. The number of aromatic amines is 1. The summed E-state index contributed by atoms with van der Waals surface area (Å²) in [5, 5.41) is 1.25. The van der Waals surface area contributed by atoms with Gasteiger partial charge in [-0.2, -0.15) is 0 Å². The third kappa shape index (κ3) is 3.09. The van der Waals surface area contributed by atoms with Gasteiger partial charge in [0, 0.05) is 42.5 Å². The molecule has 2 aromatic heterocycles. The van der Waals surface area contributed by atoms with Gasteiger partial charge in [0.15, 0.2) is 0 Å². The molecule has 0 saturated carbocycles. The van der Waals surface area contributed by atoms with E-state index in [4.69, 9.17) is 4.74 Å². The lowest BCUT2D eigenvalue weighted by molar-refractivity contribution is 0.0706. The molecule has 1 aliphatic rings. The van der Waals surface area contributed by atoms with Gasteiger partial charge in [0.25, 0.3) is 5.91 Å². The summed E-state index contributed by atoms with van der Waals surface area (Å²) in [6.07, 6.45) is 3.54. The zero-order valence-corrected chi connectivity index (χ0v) is 14.2. The van der Waals surface area contributed by atoms with E-state index >= 15 is 0 Å². The molecule has 0 spiro atoms. The number of nitrogens with zero attached hydrogens (tertiary/aromatic N) is 2. The van der Waals surface area contributed by atoms with E-state index in [0.717, 1.165) is 25.9 Å². The number of fused-ring (bicyclic) bond motifs is 1. The molecule has 25 heavy (non-hydrogen) atoms. The average molecular weight is 335 g/mol. The lowest BCUT2D eigenvalue weighted by Crippen LogP contribution is -2.38. The Hall–Kier alpha value is -2.82. The van der Waals surface area contributed by atoms with Gasteiger partial charge in [0.1, 0.15) is 11.4 Å². The second-order valence-electron chi connectivity index (χ2n) is 6.46. The van der Waals surface area contributed by atoms with Crippen LogP contribution >= 0.6 is 0 Å². The fourth-order valence-corrected chi connectivity index (χ4v) is 3.53. The van der Waals surface area contributed by atoms with Crippen LogP contribution in [0.15, 0.2) is 48.7 Å². The molecule has 3 aromatic rings. The molecule has 0 atom stereocenters. The van der Waals surface area contributed by atoms with Gasteiger partial charge < -0.3 is 14.6 Å². The number of pyridine rings is 1. The van der Waals surface area contributed by atoms with Gasteiger partial charge in [0.05, 0.1) is 7.11 Å². The number of ether oxygens (including phenoxy) is 1. The molecular weight excluding hydrogens is 314 g/mol. The summed E-state index contributed by atoms with van der Waals surface area (Å²) in [5.41, 5.74) is 2.90. The summed E-state index contributed by atoms with van der Waals surface area (Å²) < 4.78 is 5.18. The number of H-pyrrole nitrogens is 1. The SMILES string of the molecule is COc1ccnc(C(=O)N2CCC(c3cc4ccccc4[nH]3)CC2)c1. The first-order valence-corrected chi connectivity index (χ1v) is 8.61. The van der Waals surface area contributed by atoms with E-state index in [1.807, 2.05) is 11.0 Å². The topological polar surface area (TPSA) is 58.2 Å². The van der Waals surface area contributed by atoms with Crippen molar-refractivity contribution < 1.29 is 9.53 Å². The second kappa shape index (κ2) is 6.59. The van der Waals surface area contributed by atoms with E-state index in [0.29, 0.717) is 17.4 Å². The minimum absolute atomic E-state index is 0.0194. The predicted molar refractivity (Wildman–Crippen MR) is 97.0 cm³/mol. The summed E-state index contributed by atoms with van der Waals surface area (Å²) in [6, 6.07) is 14.0. The second-order valence-corrected chi connectivity index (χ2v) is 6.46. The van der Waals surface area contributed by atoms with Crippen LogP contribution in [0.3, 0.4) is 0 Å². The van der Waals surface area contributed by atoms with Crippen molar-refractivity contribution in [2.24, 2.45) is 0 Å². The molecule has 5 nitrogen and oxygen atoms in total. The van der Waals surface area contributed by atoms with Crippen LogP contribution in [0, 0.1) is 0 Å². The molecule has 0 bridgehead atoms. The molecule has 3 heterocycles. The molecule has 1 aromatic carbocycles. The van der Waals surface area contributed by atoms with Crippen LogP contribution in [0.2, 0.25) is 0 Å². The zero-order chi connectivity index (χ0) is 17.2. The number of amides is 1. The molecule has 1 saturated heterocycles. The maximum atomic E-state index is 12.7. The molecule has 1 amide bonds. The van der Waals surface area contributed by atoms with Gasteiger partial charge in [-0.25, -0.2) is 0 Å². The Bertz CT molecular complexity index is 862. The highest BCUT2D eigenvalue weighted by molar-refractivity contribution is 5.92. The van der Waals surface area contributed by atoms with E-state index in [-0.39, 0.29) is 5.91 Å². The van der Waals surface area contributed by atoms with Crippen molar-refractivity contribution in [3.8, 4) is 5.75 Å². The van der Waals surface area contributed by atoms with Gasteiger partial charge in [-0.1, -0.05) is 18.2 Å². The highest BCUT2D eigenvalue weighted by atomic mass is 16.5. The normalized spacial score (nSPS) is 15.5. The lowest BCUT2D eigenvalue weighted by atomic mass is 9.93. The van der Waals surface area contributed by atoms with Crippen molar-refractivity contribution >= 4 is 16.8 Å². The van der Waals surface area contributed by atoms with Crippen molar-refractivity contribution in [1.29, 1.82) is 0 Å². The smallest absolute Gasteiger partial charge is 0.272 e. The molecular formula is C20H21N3O2.